The summed E-state index contributed by atoms with van der Waals surface area (Å²) < 4.78 is 0. The largest absolute Gasteiger partial charge is 0.326 e. The third-order valence-electron chi connectivity index (χ3n) is 4.18. The lowest BCUT2D eigenvalue weighted by Crippen LogP contribution is -2.52. The predicted octanol–water partition coefficient (Wildman–Crippen LogP) is 2.55. The number of thiophene rings is 1. The molecule has 108 valence electrons. The van der Waals surface area contributed by atoms with Crippen LogP contribution in [-0.4, -0.2) is 48.1 Å². The van der Waals surface area contributed by atoms with Crippen molar-refractivity contribution in [3.63, 3.8) is 0 Å². The lowest BCUT2D eigenvalue weighted by atomic mass is 10.0. The maximum atomic E-state index is 6.39. The highest BCUT2D eigenvalue weighted by molar-refractivity contribution is 7.10. The van der Waals surface area contributed by atoms with E-state index in [-0.39, 0.29) is 6.04 Å². The van der Waals surface area contributed by atoms with Crippen molar-refractivity contribution in [1.82, 2.24) is 9.80 Å². The molecule has 2 N–H and O–H groups in total. The fourth-order valence-electron chi connectivity index (χ4n) is 2.88. The maximum Gasteiger partial charge on any atom is 0.0594 e. The zero-order valence-electron chi connectivity index (χ0n) is 12.4. The van der Waals surface area contributed by atoms with Gasteiger partial charge in [0.1, 0.15) is 0 Å². The van der Waals surface area contributed by atoms with Crippen molar-refractivity contribution in [2.45, 2.75) is 45.3 Å². The van der Waals surface area contributed by atoms with Gasteiger partial charge in [-0.15, -0.1) is 11.3 Å². The van der Waals surface area contributed by atoms with E-state index in [9.17, 15) is 0 Å². The van der Waals surface area contributed by atoms with E-state index in [2.05, 4.69) is 48.1 Å². The van der Waals surface area contributed by atoms with Gasteiger partial charge in [-0.1, -0.05) is 13.0 Å². The lowest BCUT2D eigenvalue weighted by Gasteiger charge is -2.42. The van der Waals surface area contributed by atoms with E-state index in [4.69, 9.17) is 5.73 Å². The van der Waals surface area contributed by atoms with Crippen LogP contribution in [0.15, 0.2) is 17.5 Å². The molecule has 3 nitrogen and oxygen atoms in total. The van der Waals surface area contributed by atoms with Gasteiger partial charge in [0.15, 0.2) is 0 Å². The standard InChI is InChI=1S/C15H27N3S/c1-4-13(16)15(14-6-5-11-19-14)18-9-7-17(8-10-18)12(2)3/h5-6,11-13,15H,4,7-10,16H2,1-3H3. The van der Waals surface area contributed by atoms with Crippen molar-refractivity contribution in [3.05, 3.63) is 22.4 Å². The first-order valence-corrected chi connectivity index (χ1v) is 8.28. The summed E-state index contributed by atoms with van der Waals surface area (Å²) >= 11 is 1.84. The quantitative estimate of drug-likeness (QED) is 0.900. The zero-order chi connectivity index (χ0) is 13.8. The number of hydrogen-bond donors (Lipinski definition) is 1. The summed E-state index contributed by atoms with van der Waals surface area (Å²) in [6.45, 7) is 11.3. The minimum Gasteiger partial charge on any atom is -0.326 e. The first kappa shape index (κ1) is 15.0. The number of hydrogen-bond acceptors (Lipinski definition) is 4. The molecule has 0 bridgehead atoms. The second kappa shape index (κ2) is 6.84. The fourth-order valence-corrected chi connectivity index (χ4v) is 3.81. The minimum absolute atomic E-state index is 0.240. The van der Waals surface area contributed by atoms with E-state index in [0.717, 1.165) is 32.6 Å². The molecule has 1 aromatic heterocycles. The van der Waals surface area contributed by atoms with Crippen molar-refractivity contribution in [1.29, 1.82) is 0 Å². The van der Waals surface area contributed by atoms with Crippen LogP contribution in [-0.2, 0) is 0 Å². The summed E-state index contributed by atoms with van der Waals surface area (Å²) in [7, 11) is 0. The van der Waals surface area contributed by atoms with Crippen LogP contribution in [0, 0.1) is 0 Å². The number of piperazine rings is 1. The van der Waals surface area contributed by atoms with Crippen LogP contribution in [0.25, 0.3) is 0 Å². The molecule has 0 radical (unpaired) electrons. The molecule has 1 fully saturated rings. The summed E-state index contributed by atoms with van der Waals surface area (Å²) in [6, 6.07) is 5.67. The SMILES string of the molecule is CCC(N)C(c1cccs1)N1CCN(C(C)C)CC1. The summed E-state index contributed by atoms with van der Waals surface area (Å²) in [5.41, 5.74) is 6.39. The Hall–Kier alpha value is -0.420. The first-order valence-electron chi connectivity index (χ1n) is 7.40. The molecule has 19 heavy (non-hydrogen) atoms. The van der Waals surface area contributed by atoms with Crippen molar-refractivity contribution in [2.24, 2.45) is 5.73 Å². The van der Waals surface area contributed by atoms with Crippen LogP contribution in [0.4, 0.5) is 0 Å². The monoisotopic (exact) mass is 281 g/mol. The maximum absolute atomic E-state index is 6.39. The van der Waals surface area contributed by atoms with Crippen LogP contribution in [0.5, 0.6) is 0 Å². The van der Waals surface area contributed by atoms with E-state index in [1.54, 1.807) is 0 Å². The molecule has 2 rings (SSSR count). The van der Waals surface area contributed by atoms with Gasteiger partial charge in [-0.2, -0.15) is 0 Å². The molecule has 0 amide bonds. The van der Waals surface area contributed by atoms with Gasteiger partial charge in [-0.3, -0.25) is 9.80 Å². The molecule has 2 unspecified atom stereocenters. The molecule has 2 atom stereocenters. The molecule has 1 aromatic rings. The molecular weight excluding hydrogens is 254 g/mol. The Morgan fingerprint density at radius 2 is 1.84 bits per heavy atom. The summed E-state index contributed by atoms with van der Waals surface area (Å²) in [6.07, 6.45) is 1.03. The highest BCUT2D eigenvalue weighted by Crippen LogP contribution is 2.29. The topological polar surface area (TPSA) is 32.5 Å². The second-order valence-electron chi connectivity index (χ2n) is 5.70. The van der Waals surface area contributed by atoms with E-state index in [0.29, 0.717) is 12.1 Å². The lowest BCUT2D eigenvalue weighted by molar-refractivity contribution is 0.0691. The van der Waals surface area contributed by atoms with Gasteiger partial charge in [0.05, 0.1) is 6.04 Å². The smallest absolute Gasteiger partial charge is 0.0594 e. The molecule has 2 heterocycles. The predicted molar refractivity (Wildman–Crippen MR) is 83.6 cm³/mol. The number of nitrogens with two attached hydrogens (primary N) is 1. The molecule has 1 aliphatic rings. The van der Waals surface area contributed by atoms with Crippen molar-refractivity contribution < 1.29 is 0 Å². The average molecular weight is 281 g/mol. The third kappa shape index (κ3) is 3.57. The third-order valence-corrected chi connectivity index (χ3v) is 5.13. The van der Waals surface area contributed by atoms with Crippen LogP contribution in [0.1, 0.15) is 38.1 Å². The highest BCUT2D eigenvalue weighted by atomic mass is 32.1. The molecule has 1 aliphatic heterocycles. The van der Waals surface area contributed by atoms with E-state index >= 15 is 0 Å². The Morgan fingerprint density at radius 1 is 1.21 bits per heavy atom. The normalized spacial score (nSPS) is 21.7. The van der Waals surface area contributed by atoms with E-state index < -0.39 is 0 Å². The number of nitrogens with zero attached hydrogens (tertiary/aromatic N) is 2. The Bertz CT molecular complexity index is 355. The van der Waals surface area contributed by atoms with Crippen LogP contribution in [0.3, 0.4) is 0 Å². The van der Waals surface area contributed by atoms with E-state index in [1.807, 2.05) is 11.3 Å². The highest BCUT2D eigenvalue weighted by Gasteiger charge is 2.29. The molecular formula is C15H27N3S. The minimum atomic E-state index is 0.240. The van der Waals surface area contributed by atoms with Gasteiger partial charge in [-0.05, 0) is 31.7 Å². The Balaban J connectivity index is 2.05. The van der Waals surface area contributed by atoms with Gasteiger partial charge >= 0.3 is 0 Å². The van der Waals surface area contributed by atoms with Gasteiger partial charge in [0.25, 0.3) is 0 Å². The van der Waals surface area contributed by atoms with Crippen molar-refractivity contribution >= 4 is 11.3 Å². The Morgan fingerprint density at radius 3 is 2.32 bits per heavy atom. The first-order chi connectivity index (χ1) is 9.13. The van der Waals surface area contributed by atoms with Crippen LogP contribution in [0.2, 0.25) is 0 Å². The van der Waals surface area contributed by atoms with Crippen molar-refractivity contribution in [2.75, 3.05) is 26.2 Å². The molecule has 1 saturated heterocycles. The van der Waals surface area contributed by atoms with Crippen LogP contribution >= 0.6 is 11.3 Å². The number of rotatable bonds is 5. The van der Waals surface area contributed by atoms with Gasteiger partial charge < -0.3 is 5.73 Å². The second-order valence-corrected chi connectivity index (χ2v) is 6.68. The Kier molecular flexibility index (Phi) is 5.39. The van der Waals surface area contributed by atoms with Crippen LogP contribution < -0.4 is 5.73 Å². The van der Waals surface area contributed by atoms with Gasteiger partial charge in [-0.25, -0.2) is 0 Å². The molecule has 0 aromatic carbocycles. The van der Waals surface area contributed by atoms with Gasteiger partial charge in [0, 0.05) is 43.1 Å². The fraction of sp³-hybridized carbons (Fsp3) is 0.733. The molecule has 0 saturated carbocycles. The summed E-state index contributed by atoms with van der Waals surface area (Å²) in [5.74, 6) is 0. The summed E-state index contributed by atoms with van der Waals surface area (Å²) in [5, 5.41) is 2.16. The van der Waals surface area contributed by atoms with Gasteiger partial charge in [0.2, 0.25) is 0 Å². The molecule has 0 spiro atoms. The molecule has 4 heteroatoms. The zero-order valence-corrected chi connectivity index (χ0v) is 13.2. The van der Waals surface area contributed by atoms with E-state index in [1.165, 1.54) is 4.88 Å². The van der Waals surface area contributed by atoms with Crippen molar-refractivity contribution in [3.8, 4) is 0 Å². The Labute approximate surface area is 121 Å². The summed E-state index contributed by atoms with van der Waals surface area (Å²) in [4.78, 5) is 6.56. The molecule has 0 aliphatic carbocycles. The average Bonchev–Trinajstić information content (AvgIpc) is 2.93.